The lowest BCUT2D eigenvalue weighted by atomic mass is 10.1. The summed E-state index contributed by atoms with van der Waals surface area (Å²) in [5, 5.41) is 0.142. The van der Waals surface area contributed by atoms with Gasteiger partial charge >= 0.3 is 0 Å². The van der Waals surface area contributed by atoms with Crippen LogP contribution in [0.5, 0.6) is 0 Å². The van der Waals surface area contributed by atoms with Crippen LogP contribution in [0.4, 0.5) is 5.69 Å². The van der Waals surface area contributed by atoms with Gasteiger partial charge in [-0.25, -0.2) is 8.42 Å². The molecule has 150 valence electrons. The first kappa shape index (κ1) is 20.8. The van der Waals surface area contributed by atoms with Crippen LogP contribution < -0.4 is 4.90 Å². The highest BCUT2D eigenvalue weighted by Gasteiger charge is 2.30. The molecule has 1 aliphatic heterocycles. The van der Waals surface area contributed by atoms with Gasteiger partial charge in [0.25, 0.3) is 5.91 Å². The normalized spacial score (nSPS) is 14.9. The summed E-state index contributed by atoms with van der Waals surface area (Å²) in [4.78, 5) is 14.9. The van der Waals surface area contributed by atoms with Crippen molar-refractivity contribution >= 4 is 33.2 Å². The molecule has 0 saturated carbocycles. The third-order valence-corrected chi connectivity index (χ3v) is 7.29. The molecule has 5 nitrogen and oxygen atoms in total. The molecule has 7 heteroatoms. The van der Waals surface area contributed by atoms with Crippen LogP contribution >= 0.6 is 11.6 Å². The number of hydrogen-bond donors (Lipinski definition) is 0. The van der Waals surface area contributed by atoms with Crippen LogP contribution in [0.15, 0.2) is 53.4 Å². The van der Waals surface area contributed by atoms with Crippen molar-refractivity contribution < 1.29 is 13.2 Å². The summed E-state index contributed by atoms with van der Waals surface area (Å²) >= 11 is 6.21. The van der Waals surface area contributed by atoms with Gasteiger partial charge < -0.3 is 4.90 Å². The van der Waals surface area contributed by atoms with Crippen molar-refractivity contribution in [3.05, 3.63) is 59.1 Å². The van der Waals surface area contributed by atoms with Gasteiger partial charge in [0, 0.05) is 30.9 Å². The highest BCUT2D eigenvalue weighted by Crippen LogP contribution is 2.29. The largest absolute Gasteiger partial charge is 0.308 e. The molecule has 2 aromatic rings. The summed E-state index contributed by atoms with van der Waals surface area (Å²) in [6, 6.07) is 13.9. The van der Waals surface area contributed by atoms with Crippen molar-refractivity contribution in [2.75, 3.05) is 24.5 Å². The van der Waals surface area contributed by atoms with E-state index >= 15 is 0 Å². The monoisotopic (exact) mass is 420 g/mol. The second-order valence-electron chi connectivity index (χ2n) is 6.90. The summed E-state index contributed by atoms with van der Waals surface area (Å²) in [7, 11) is -3.70. The van der Waals surface area contributed by atoms with Crippen molar-refractivity contribution in [1.29, 1.82) is 0 Å². The van der Waals surface area contributed by atoms with E-state index in [0.717, 1.165) is 31.4 Å². The molecule has 1 aliphatic rings. The number of carbonyl (C=O) groups excluding carboxylic acids is 1. The Kier molecular flexibility index (Phi) is 6.75. The minimum Gasteiger partial charge on any atom is -0.308 e. The minimum atomic E-state index is -3.70. The molecule has 0 aromatic heterocycles. The Hall–Kier alpha value is -1.89. The topological polar surface area (TPSA) is 57.7 Å². The van der Waals surface area contributed by atoms with E-state index in [0.29, 0.717) is 25.2 Å². The molecule has 2 aromatic carbocycles. The van der Waals surface area contributed by atoms with Gasteiger partial charge in [0.05, 0.1) is 5.02 Å². The van der Waals surface area contributed by atoms with Gasteiger partial charge in [0.15, 0.2) is 0 Å². The van der Waals surface area contributed by atoms with E-state index in [4.69, 9.17) is 11.6 Å². The van der Waals surface area contributed by atoms with Gasteiger partial charge in [0.1, 0.15) is 4.90 Å². The summed E-state index contributed by atoms with van der Waals surface area (Å²) in [5.74, 6) is -0.228. The Morgan fingerprint density at radius 2 is 1.79 bits per heavy atom. The highest BCUT2D eigenvalue weighted by molar-refractivity contribution is 7.89. The van der Waals surface area contributed by atoms with Crippen LogP contribution in [-0.4, -0.2) is 38.3 Å². The van der Waals surface area contributed by atoms with Crippen LogP contribution in [0.1, 0.15) is 43.0 Å². The number of carbonyl (C=O) groups is 1. The summed E-state index contributed by atoms with van der Waals surface area (Å²) in [6.45, 7) is 3.61. The quantitative estimate of drug-likeness (QED) is 0.659. The molecular weight excluding hydrogens is 396 g/mol. The van der Waals surface area contributed by atoms with Gasteiger partial charge in [-0.1, -0.05) is 43.1 Å². The molecule has 0 spiro atoms. The van der Waals surface area contributed by atoms with Crippen molar-refractivity contribution in [3.8, 4) is 0 Å². The molecule has 1 heterocycles. The Morgan fingerprint density at radius 3 is 2.43 bits per heavy atom. The van der Waals surface area contributed by atoms with Crippen LogP contribution in [0.2, 0.25) is 5.02 Å². The number of anilines is 1. The van der Waals surface area contributed by atoms with Crippen LogP contribution in [0.3, 0.4) is 0 Å². The first-order chi connectivity index (χ1) is 13.4. The molecule has 0 radical (unpaired) electrons. The van der Waals surface area contributed by atoms with E-state index < -0.39 is 10.0 Å². The second kappa shape index (κ2) is 9.07. The summed E-state index contributed by atoms with van der Waals surface area (Å²) < 4.78 is 27.4. The number of rotatable bonds is 7. The minimum absolute atomic E-state index is 0.00502. The number of hydrogen-bond acceptors (Lipinski definition) is 3. The molecule has 1 saturated heterocycles. The van der Waals surface area contributed by atoms with Crippen LogP contribution in [0, 0.1) is 0 Å². The lowest BCUT2D eigenvalue weighted by Crippen LogP contribution is -2.32. The zero-order chi connectivity index (χ0) is 20.1. The Balaban J connectivity index is 1.96. The average Bonchev–Trinajstić information content (AvgIpc) is 3.25. The Bertz CT molecular complexity index is 926. The zero-order valence-corrected chi connectivity index (χ0v) is 17.5. The predicted molar refractivity (Wildman–Crippen MR) is 112 cm³/mol. The summed E-state index contributed by atoms with van der Waals surface area (Å²) in [5.41, 5.74) is 1.11. The van der Waals surface area contributed by atoms with E-state index in [1.165, 1.54) is 16.4 Å². The molecule has 3 rings (SSSR count). The van der Waals surface area contributed by atoms with E-state index in [9.17, 15) is 13.2 Å². The smallest absolute Gasteiger partial charge is 0.258 e. The van der Waals surface area contributed by atoms with Crippen LogP contribution in [0.25, 0.3) is 0 Å². The van der Waals surface area contributed by atoms with Gasteiger partial charge in [0.2, 0.25) is 10.0 Å². The maximum absolute atomic E-state index is 13.2. The predicted octanol–water partition coefficient (Wildman–Crippen LogP) is 4.57. The summed E-state index contributed by atoms with van der Waals surface area (Å²) in [6.07, 6.45) is 3.49. The number of unbranched alkanes of at least 4 members (excludes halogenated alkanes) is 1. The number of sulfonamides is 1. The molecule has 0 bridgehead atoms. The molecule has 0 unspecified atom stereocenters. The average molecular weight is 421 g/mol. The maximum atomic E-state index is 13.2. The Labute approximate surface area is 172 Å². The molecule has 0 aliphatic carbocycles. The maximum Gasteiger partial charge on any atom is 0.258 e. The Morgan fingerprint density at radius 1 is 1.11 bits per heavy atom. The number of halogens is 1. The van der Waals surface area contributed by atoms with Gasteiger partial charge in [-0.05, 0) is 49.6 Å². The number of nitrogens with zero attached hydrogens (tertiary/aromatic N) is 2. The fourth-order valence-corrected chi connectivity index (χ4v) is 5.35. The lowest BCUT2D eigenvalue weighted by Gasteiger charge is -2.23. The van der Waals surface area contributed by atoms with Gasteiger partial charge in [-0.3, -0.25) is 4.79 Å². The molecule has 28 heavy (non-hydrogen) atoms. The first-order valence-electron chi connectivity index (χ1n) is 9.61. The van der Waals surface area contributed by atoms with Crippen LogP contribution in [-0.2, 0) is 10.0 Å². The highest BCUT2D eigenvalue weighted by atomic mass is 35.5. The fraction of sp³-hybridized carbons (Fsp3) is 0.381. The van der Waals surface area contributed by atoms with Crippen molar-refractivity contribution in [3.63, 3.8) is 0 Å². The first-order valence-corrected chi connectivity index (χ1v) is 11.4. The van der Waals surface area contributed by atoms with E-state index in [1.807, 2.05) is 30.3 Å². The molecular formula is C21H25ClN2O3S. The van der Waals surface area contributed by atoms with E-state index in [-0.39, 0.29) is 15.8 Å². The lowest BCUT2D eigenvalue weighted by molar-refractivity contribution is 0.0986. The third-order valence-electron chi connectivity index (χ3n) is 4.91. The van der Waals surface area contributed by atoms with Crippen molar-refractivity contribution in [1.82, 2.24) is 4.31 Å². The van der Waals surface area contributed by atoms with Crippen molar-refractivity contribution in [2.24, 2.45) is 0 Å². The molecule has 1 amide bonds. The van der Waals surface area contributed by atoms with E-state index in [1.54, 1.807) is 11.0 Å². The standard InChI is InChI=1S/C21H25ClN2O3S/c1-2-3-15-24(18-9-5-4-6-10-18)21(25)17-11-12-19(22)20(16-17)28(26,27)23-13-7-8-14-23/h4-6,9-12,16H,2-3,7-8,13-15H2,1H3. The number of amides is 1. The van der Waals surface area contributed by atoms with Gasteiger partial charge in [-0.2, -0.15) is 4.31 Å². The van der Waals surface area contributed by atoms with Gasteiger partial charge in [-0.15, -0.1) is 0 Å². The molecule has 1 fully saturated rings. The molecule has 0 atom stereocenters. The molecule has 0 N–H and O–H groups in total. The zero-order valence-electron chi connectivity index (χ0n) is 16.0. The number of benzene rings is 2. The van der Waals surface area contributed by atoms with Crippen molar-refractivity contribution in [2.45, 2.75) is 37.5 Å². The van der Waals surface area contributed by atoms with E-state index in [2.05, 4.69) is 6.92 Å². The number of para-hydroxylation sites is 1. The third kappa shape index (κ3) is 4.40. The second-order valence-corrected chi connectivity index (χ2v) is 9.22. The SMILES string of the molecule is CCCCN(C(=O)c1ccc(Cl)c(S(=O)(=O)N2CCCC2)c1)c1ccccc1. The fourth-order valence-electron chi connectivity index (χ4n) is 3.33.